The summed E-state index contributed by atoms with van der Waals surface area (Å²) in [5, 5.41) is 19.1. The van der Waals surface area contributed by atoms with Crippen LogP contribution in [0.1, 0.15) is 33.1 Å². The summed E-state index contributed by atoms with van der Waals surface area (Å²) in [5.74, 6) is -2.61. The number of rotatable bonds is 14. The van der Waals surface area contributed by atoms with Crippen molar-refractivity contribution in [2.75, 3.05) is 26.4 Å². The minimum Gasteiger partial charge on any atom is -0.463 e. The Morgan fingerprint density at radius 1 is 0.690 bits per heavy atom. The van der Waals surface area contributed by atoms with Gasteiger partial charge >= 0.3 is 23.9 Å². The van der Waals surface area contributed by atoms with Crippen molar-refractivity contribution >= 4 is 23.9 Å². The van der Waals surface area contributed by atoms with Crippen molar-refractivity contribution in [3.63, 3.8) is 0 Å². The zero-order chi connectivity index (χ0) is 22.4. The van der Waals surface area contributed by atoms with E-state index >= 15 is 0 Å². The van der Waals surface area contributed by atoms with E-state index in [9.17, 15) is 29.4 Å². The number of aliphatic hydroxyl groups is 2. The van der Waals surface area contributed by atoms with Gasteiger partial charge < -0.3 is 29.2 Å². The zero-order valence-electron chi connectivity index (χ0n) is 16.7. The molecule has 10 nitrogen and oxygen atoms in total. The van der Waals surface area contributed by atoms with Crippen LogP contribution >= 0.6 is 0 Å². The number of carbonyl (C=O) groups excluding carboxylic acids is 4. The summed E-state index contributed by atoms with van der Waals surface area (Å²) in [6, 6.07) is 0. The lowest BCUT2D eigenvalue weighted by Gasteiger charge is -2.12. The third kappa shape index (κ3) is 14.0. The number of hydrogen-bond donors (Lipinski definition) is 2. The molecule has 0 radical (unpaired) electrons. The Labute approximate surface area is 169 Å². The molecule has 0 aliphatic heterocycles. The van der Waals surface area contributed by atoms with Crippen LogP contribution in [0.3, 0.4) is 0 Å². The van der Waals surface area contributed by atoms with E-state index in [-0.39, 0.29) is 56.8 Å². The quantitative estimate of drug-likeness (QED) is 0.229. The van der Waals surface area contributed by atoms with Gasteiger partial charge in [-0.2, -0.15) is 0 Å². The third-order valence-electron chi connectivity index (χ3n) is 3.15. The fourth-order valence-corrected chi connectivity index (χ4v) is 1.59. The minimum atomic E-state index is -1.17. The van der Waals surface area contributed by atoms with Crippen LogP contribution in [-0.4, -0.2) is 72.7 Å². The van der Waals surface area contributed by atoms with Gasteiger partial charge in [0.15, 0.2) is 0 Å². The standard InChI is InChI=1S/C19H28O10/c1-12(2)18(24)28-10-14(20)8-26-16(22)6-5-7-17(23)27-9-15(21)11-29-19(25)13(3)4/h14-15,20-21H,1,3,5-11H2,2,4H3. The average molecular weight is 416 g/mol. The second-order valence-corrected chi connectivity index (χ2v) is 6.28. The molecule has 29 heavy (non-hydrogen) atoms. The van der Waals surface area contributed by atoms with Crippen LogP contribution in [0.25, 0.3) is 0 Å². The van der Waals surface area contributed by atoms with Gasteiger partial charge in [-0.3, -0.25) is 9.59 Å². The van der Waals surface area contributed by atoms with E-state index < -0.39 is 36.1 Å². The average Bonchev–Trinajstić information content (AvgIpc) is 2.66. The molecule has 0 aromatic heterocycles. The Morgan fingerprint density at radius 2 is 1.00 bits per heavy atom. The Balaban J connectivity index is 3.83. The molecule has 0 spiro atoms. The first-order valence-electron chi connectivity index (χ1n) is 8.85. The highest BCUT2D eigenvalue weighted by atomic mass is 16.6. The molecule has 0 amide bonds. The lowest BCUT2D eigenvalue weighted by Crippen LogP contribution is -2.26. The van der Waals surface area contributed by atoms with Crippen LogP contribution in [0.15, 0.2) is 24.3 Å². The van der Waals surface area contributed by atoms with Gasteiger partial charge in [-0.25, -0.2) is 9.59 Å². The van der Waals surface area contributed by atoms with Gasteiger partial charge in [0.25, 0.3) is 0 Å². The first-order chi connectivity index (χ1) is 13.5. The Morgan fingerprint density at radius 3 is 1.31 bits per heavy atom. The summed E-state index contributed by atoms with van der Waals surface area (Å²) in [7, 11) is 0. The molecule has 2 atom stereocenters. The summed E-state index contributed by atoms with van der Waals surface area (Å²) >= 11 is 0. The van der Waals surface area contributed by atoms with E-state index in [4.69, 9.17) is 18.9 Å². The molecule has 0 saturated heterocycles. The minimum absolute atomic E-state index is 0.0911. The van der Waals surface area contributed by atoms with E-state index in [0.717, 1.165) is 0 Å². The lowest BCUT2D eigenvalue weighted by atomic mass is 10.2. The molecule has 0 aromatic carbocycles. The van der Waals surface area contributed by atoms with E-state index in [1.54, 1.807) is 0 Å². The summed E-state index contributed by atoms with van der Waals surface area (Å²) in [6.07, 6.45) is -2.39. The molecule has 10 heteroatoms. The third-order valence-corrected chi connectivity index (χ3v) is 3.15. The number of aliphatic hydroxyl groups excluding tert-OH is 2. The molecule has 0 rings (SSSR count). The Bertz CT molecular complexity index is 558. The topological polar surface area (TPSA) is 146 Å². The molecule has 0 heterocycles. The predicted octanol–water partition coefficient (Wildman–Crippen LogP) is 0.203. The summed E-state index contributed by atoms with van der Waals surface area (Å²) in [5.41, 5.74) is 0.364. The van der Waals surface area contributed by atoms with Gasteiger partial charge in [0.05, 0.1) is 0 Å². The normalized spacial score (nSPS) is 12.3. The SMILES string of the molecule is C=C(C)C(=O)OCC(O)COC(=O)CCCC(=O)OCC(O)COC(=O)C(=C)C. The second kappa shape index (κ2) is 14.3. The van der Waals surface area contributed by atoms with Gasteiger partial charge in [0.1, 0.15) is 38.6 Å². The number of carbonyl (C=O) groups is 4. The monoisotopic (exact) mass is 416 g/mol. The van der Waals surface area contributed by atoms with Crippen LogP contribution in [-0.2, 0) is 38.1 Å². The summed E-state index contributed by atoms with van der Waals surface area (Å²) in [4.78, 5) is 45.4. The number of hydrogen-bond acceptors (Lipinski definition) is 10. The van der Waals surface area contributed by atoms with Gasteiger partial charge in [-0.1, -0.05) is 13.2 Å². The molecule has 0 saturated carbocycles. The molecule has 0 aromatic rings. The first kappa shape index (κ1) is 26.3. The number of esters is 4. The molecule has 0 aliphatic rings. The molecular weight excluding hydrogens is 388 g/mol. The van der Waals surface area contributed by atoms with Crippen LogP contribution in [0.4, 0.5) is 0 Å². The van der Waals surface area contributed by atoms with Crippen molar-refractivity contribution in [2.24, 2.45) is 0 Å². The molecule has 0 fully saturated rings. The molecule has 0 bridgehead atoms. The van der Waals surface area contributed by atoms with Gasteiger partial charge in [-0.05, 0) is 20.3 Å². The lowest BCUT2D eigenvalue weighted by molar-refractivity contribution is -0.151. The Kier molecular flexibility index (Phi) is 13.0. The zero-order valence-corrected chi connectivity index (χ0v) is 16.7. The molecule has 2 N–H and O–H groups in total. The maximum absolute atomic E-state index is 11.5. The van der Waals surface area contributed by atoms with Crippen LogP contribution in [0.5, 0.6) is 0 Å². The van der Waals surface area contributed by atoms with Crippen molar-refractivity contribution in [3.05, 3.63) is 24.3 Å². The van der Waals surface area contributed by atoms with Crippen molar-refractivity contribution in [2.45, 2.75) is 45.3 Å². The second-order valence-electron chi connectivity index (χ2n) is 6.28. The smallest absolute Gasteiger partial charge is 0.333 e. The van der Waals surface area contributed by atoms with E-state index in [1.165, 1.54) is 13.8 Å². The highest BCUT2D eigenvalue weighted by Gasteiger charge is 2.14. The van der Waals surface area contributed by atoms with Crippen molar-refractivity contribution < 1.29 is 48.3 Å². The van der Waals surface area contributed by atoms with Crippen molar-refractivity contribution in [3.8, 4) is 0 Å². The van der Waals surface area contributed by atoms with Gasteiger partial charge in [0, 0.05) is 24.0 Å². The van der Waals surface area contributed by atoms with Crippen LogP contribution in [0.2, 0.25) is 0 Å². The first-order valence-corrected chi connectivity index (χ1v) is 8.85. The van der Waals surface area contributed by atoms with Crippen LogP contribution < -0.4 is 0 Å². The fourth-order valence-electron chi connectivity index (χ4n) is 1.59. The summed E-state index contributed by atoms with van der Waals surface area (Å²) < 4.78 is 19.0. The Hall–Kier alpha value is -2.72. The van der Waals surface area contributed by atoms with E-state index in [0.29, 0.717) is 0 Å². The highest BCUT2D eigenvalue weighted by Crippen LogP contribution is 2.02. The van der Waals surface area contributed by atoms with E-state index in [1.807, 2.05) is 0 Å². The fraction of sp³-hybridized carbons (Fsp3) is 0.579. The maximum atomic E-state index is 11.5. The molecular formula is C19H28O10. The van der Waals surface area contributed by atoms with Gasteiger partial charge in [-0.15, -0.1) is 0 Å². The highest BCUT2D eigenvalue weighted by molar-refractivity contribution is 5.87. The van der Waals surface area contributed by atoms with E-state index in [2.05, 4.69) is 13.2 Å². The van der Waals surface area contributed by atoms with Crippen molar-refractivity contribution in [1.29, 1.82) is 0 Å². The predicted molar refractivity (Wildman–Crippen MR) is 99.3 cm³/mol. The molecule has 2 unspecified atom stereocenters. The van der Waals surface area contributed by atoms with Gasteiger partial charge in [0.2, 0.25) is 0 Å². The van der Waals surface area contributed by atoms with Crippen LogP contribution in [0, 0.1) is 0 Å². The summed E-state index contributed by atoms with van der Waals surface area (Å²) in [6.45, 7) is 8.29. The maximum Gasteiger partial charge on any atom is 0.333 e. The largest absolute Gasteiger partial charge is 0.463 e. The molecule has 164 valence electrons. The number of ether oxygens (including phenoxy) is 4. The van der Waals surface area contributed by atoms with Crippen molar-refractivity contribution in [1.82, 2.24) is 0 Å². The molecule has 0 aliphatic carbocycles.